The van der Waals surface area contributed by atoms with Crippen LogP contribution in [0.1, 0.15) is 41.3 Å². The van der Waals surface area contributed by atoms with Gasteiger partial charge in [0.2, 0.25) is 0 Å². The van der Waals surface area contributed by atoms with Crippen LogP contribution < -0.4 is 10.5 Å². The molecule has 0 bridgehead atoms. The van der Waals surface area contributed by atoms with Crippen LogP contribution in [0.4, 0.5) is 8.78 Å². The normalized spacial score (nSPS) is 17.4. The van der Waals surface area contributed by atoms with Crippen molar-refractivity contribution in [3.8, 4) is 5.75 Å². The Kier molecular flexibility index (Phi) is 5.57. The summed E-state index contributed by atoms with van der Waals surface area (Å²) in [5, 5.41) is 0. The summed E-state index contributed by atoms with van der Waals surface area (Å²) >= 11 is 0. The van der Waals surface area contributed by atoms with Gasteiger partial charge in [0.15, 0.2) is 0 Å². The number of hydrogen-bond acceptors (Lipinski definition) is 3. The maximum absolute atomic E-state index is 12.6. The third-order valence-electron chi connectivity index (χ3n) is 4.48. The fourth-order valence-corrected chi connectivity index (χ4v) is 3.16. The molecule has 6 heteroatoms. The smallest absolute Gasteiger partial charge is 0.387 e. The van der Waals surface area contributed by atoms with Gasteiger partial charge in [-0.1, -0.05) is 0 Å². The van der Waals surface area contributed by atoms with Crippen LogP contribution >= 0.6 is 0 Å². The zero-order valence-electron chi connectivity index (χ0n) is 13.8. The van der Waals surface area contributed by atoms with Crippen LogP contribution in [0.25, 0.3) is 0 Å². The van der Waals surface area contributed by atoms with Gasteiger partial charge in [0.05, 0.1) is 0 Å². The first-order chi connectivity index (χ1) is 10.8. The SMILES string of the molecule is Cc1cc(C(=O)N2CCC(C(C)N)CC2)cc(C)c1OC(F)F. The Morgan fingerprint density at radius 3 is 2.22 bits per heavy atom. The molecule has 128 valence electrons. The highest BCUT2D eigenvalue weighted by Crippen LogP contribution is 2.28. The number of amides is 1. The minimum absolute atomic E-state index is 0.0667. The maximum atomic E-state index is 12.6. The summed E-state index contributed by atoms with van der Waals surface area (Å²) in [5.41, 5.74) is 7.51. The van der Waals surface area contributed by atoms with Gasteiger partial charge >= 0.3 is 6.61 Å². The molecule has 0 saturated carbocycles. The van der Waals surface area contributed by atoms with Crippen LogP contribution in [0.5, 0.6) is 5.75 Å². The van der Waals surface area contributed by atoms with Crippen molar-refractivity contribution in [2.24, 2.45) is 11.7 Å². The van der Waals surface area contributed by atoms with Gasteiger partial charge in [-0.15, -0.1) is 0 Å². The van der Waals surface area contributed by atoms with Gasteiger partial charge in [0, 0.05) is 24.7 Å². The average Bonchev–Trinajstić information content (AvgIpc) is 2.49. The lowest BCUT2D eigenvalue weighted by molar-refractivity contribution is -0.0507. The molecule has 1 amide bonds. The van der Waals surface area contributed by atoms with E-state index in [1.54, 1.807) is 30.9 Å². The number of carbonyl (C=O) groups is 1. The molecule has 2 rings (SSSR count). The van der Waals surface area contributed by atoms with E-state index in [1.807, 2.05) is 6.92 Å². The standard InChI is InChI=1S/C17H24F2N2O2/c1-10-8-14(9-11(2)15(10)23-17(18)19)16(22)21-6-4-13(5-7-21)12(3)20/h8-9,12-13,17H,4-7,20H2,1-3H3. The molecule has 0 radical (unpaired) electrons. The number of likely N-dealkylation sites (tertiary alicyclic amines) is 1. The minimum Gasteiger partial charge on any atom is -0.434 e. The van der Waals surface area contributed by atoms with Crippen molar-refractivity contribution in [1.82, 2.24) is 4.90 Å². The first-order valence-electron chi connectivity index (χ1n) is 7.90. The summed E-state index contributed by atoms with van der Waals surface area (Å²) in [6.45, 7) is 3.83. The van der Waals surface area contributed by atoms with Crippen molar-refractivity contribution in [1.29, 1.82) is 0 Å². The average molecular weight is 326 g/mol. The van der Waals surface area contributed by atoms with Crippen LogP contribution in [0.3, 0.4) is 0 Å². The lowest BCUT2D eigenvalue weighted by Crippen LogP contribution is -2.42. The Labute approximate surface area is 135 Å². The molecule has 1 atom stereocenters. The zero-order chi connectivity index (χ0) is 17.1. The van der Waals surface area contributed by atoms with Gasteiger partial charge in [0.25, 0.3) is 5.91 Å². The Morgan fingerprint density at radius 2 is 1.78 bits per heavy atom. The number of alkyl halides is 2. The number of halogens is 2. The molecular formula is C17H24F2N2O2. The third-order valence-corrected chi connectivity index (χ3v) is 4.48. The Balaban J connectivity index is 2.11. The van der Waals surface area contributed by atoms with Gasteiger partial charge in [-0.2, -0.15) is 8.78 Å². The Hall–Kier alpha value is -1.69. The van der Waals surface area contributed by atoms with Crippen LogP contribution in [-0.4, -0.2) is 36.5 Å². The molecule has 1 heterocycles. The summed E-state index contributed by atoms with van der Waals surface area (Å²) < 4.78 is 29.4. The summed E-state index contributed by atoms with van der Waals surface area (Å²) in [7, 11) is 0. The van der Waals surface area contributed by atoms with Crippen molar-refractivity contribution in [3.05, 3.63) is 28.8 Å². The molecule has 4 nitrogen and oxygen atoms in total. The predicted octanol–water partition coefficient (Wildman–Crippen LogP) is 3.10. The molecule has 1 saturated heterocycles. The third kappa shape index (κ3) is 4.19. The number of benzene rings is 1. The van der Waals surface area contributed by atoms with Crippen LogP contribution in [-0.2, 0) is 0 Å². The number of piperidine rings is 1. The van der Waals surface area contributed by atoms with Crippen molar-refractivity contribution < 1.29 is 18.3 Å². The van der Waals surface area contributed by atoms with E-state index in [0.717, 1.165) is 12.8 Å². The molecule has 1 unspecified atom stereocenters. The number of nitrogens with zero attached hydrogens (tertiary/aromatic N) is 1. The fourth-order valence-electron chi connectivity index (χ4n) is 3.16. The number of hydrogen-bond donors (Lipinski definition) is 1. The largest absolute Gasteiger partial charge is 0.434 e. The Morgan fingerprint density at radius 1 is 1.26 bits per heavy atom. The van der Waals surface area contributed by atoms with Crippen LogP contribution in [0.2, 0.25) is 0 Å². The second-order valence-corrected chi connectivity index (χ2v) is 6.31. The molecule has 0 aromatic heterocycles. The van der Waals surface area contributed by atoms with Gasteiger partial charge < -0.3 is 15.4 Å². The number of ether oxygens (including phenoxy) is 1. The predicted molar refractivity (Wildman–Crippen MR) is 84.8 cm³/mol. The van der Waals surface area contributed by atoms with E-state index in [0.29, 0.717) is 35.7 Å². The van der Waals surface area contributed by atoms with E-state index in [-0.39, 0.29) is 17.7 Å². The van der Waals surface area contributed by atoms with Gasteiger partial charge in [-0.3, -0.25) is 4.79 Å². The molecule has 23 heavy (non-hydrogen) atoms. The molecule has 1 fully saturated rings. The topological polar surface area (TPSA) is 55.6 Å². The van der Waals surface area contributed by atoms with Crippen LogP contribution in [0, 0.1) is 19.8 Å². The van der Waals surface area contributed by atoms with Gasteiger partial charge in [-0.05, 0) is 62.8 Å². The molecule has 1 aliphatic heterocycles. The molecule has 1 aromatic rings. The molecule has 0 aliphatic carbocycles. The summed E-state index contributed by atoms with van der Waals surface area (Å²) in [6, 6.07) is 3.37. The summed E-state index contributed by atoms with van der Waals surface area (Å²) in [6.07, 6.45) is 1.79. The highest BCUT2D eigenvalue weighted by Gasteiger charge is 2.26. The van der Waals surface area contributed by atoms with E-state index >= 15 is 0 Å². The number of carbonyl (C=O) groups excluding carboxylic acids is 1. The van der Waals surface area contributed by atoms with E-state index in [2.05, 4.69) is 4.74 Å². The van der Waals surface area contributed by atoms with Gasteiger partial charge in [0.1, 0.15) is 5.75 Å². The maximum Gasteiger partial charge on any atom is 0.387 e. The Bertz CT molecular complexity index is 545. The van der Waals surface area contributed by atoms with Crippen molar-refractivity contribution in [2.75, 3.05) is 13.1 Å². The van der Waals surface area contributed by atoms with E-state index < -0.39 is 6.61 Å². The first kappa shape index (κ1) is 17.7. The highest BCUT2D eigenvalue weighted by molar-refractivity contribution is 5.95. The van der Waals surface area contributed by atoms with Crippen LogP contribution in [0.15, 0.2) is 12.1 Å². The minimum atomic E-state index is -2.87. The molecule has 1 aliphatic rings. The fraction of sp³-hybridized carbons (Fsp3) is 0.588. The summed E-state index contributed by atoms with van der Waals surface area (Å²) in [4.78, 5) is 14.4. The van der Waals surface area contributed by atoms with E-state index in [9.17, 15) is 13.6 Å². The second kappa shape index (κ2) is 7.25. The molecule has 2 N–H and O–H groups in total. The number of rotatable bonds is 4. The van der Waals surface area contributed by atoms with E-state index in [1.165, 1.54) is 0 Å². The van der Waals surface area contributed by atoms with Gasteiger partial charge in [-0.25, -0.2) is 0 Å². The van der Waals surface area contributed by atoms with E-state index in [4.69, 9.17) is 5.73 Å². The molecule has 1 aromatic carbocycles. The second-order valence-electron chi connectivity index (χ2n) is 6.31. The quantitative estimate of drug-likeness (QED) is 0.925. The van der Waals surface area contributed by atoms with Crippen molar-refractivity contribution in [3.63, 3.8) is 0 Å². The first-order valence-corrected chi connectivity index (χ1v) is 7.90. The molecular weight excluding hydrogens is 302 g/mol. The monoisotopic (exact) mass is 326 g/mol. The zero-order valence-corrected chi connectivity index (χ0v) is 13.8. The lowest BCUT2D eigenvalue weighted by Gasteiger charge is -2.34. The number of nitrogens with two attached hydrogens (primary N) is 1. The molecule has 0 spiro atoms. The van der Waals surface area contributed by atoms with Crippen molar-refractivity contribution in [2.45, 2.75) is 46.3 Å². The van der Waals surface area contributed by atoms with Crippen molar-refractivity contribution >= 4 is 5.91 Å². The summed E-state index contributed by atoms with van der Waals surface area (Å²) in [5.74, 6) is 0.527. The lowest BCUT2D eigenvalue weighted by atomic mass is 9.90. The highest BCUT2D eigenvalue weighted by atomic mass is 19.3. The number of aryl methyl sites for hydroxylation is 2.